The first-order valence-electron chi connectivity index (χ1n) is 9.23. The lowest BCUT2D eigenvalue weighted by atomic mass is 9.96. The number of hydrogen-bond acceptors (Lipinski definition) is 2. The normalized spacial score (nSPS) is 13.0. The van der Waals surface area contributed by atoms with Gasteiger partial charge in [0.15, 0.2) is 0 Å². The summed E-state index contributed by atoms with van der Waals surface area (Å²) in [5.74, 6) is 0.267. The first-order valence-corrected chi connectivity index (χ1v) is 9.23. The molecule has 0 aliphatic carbocycles. The molecule has 2 amide bonds. The van der Waals surface area contributed by atoms with E-state index in [9.17, 15) is 4.79 Å². The molecule has 3 aromatic rings. The second-order valence-electron chi connectivity index (χ2n) is 6.85. The highest BCUT2D eigenvalue weighted by atomic mass is 16.2. The van der Waals surface area contributed by atoms with Gasteiger partial charge in [0.1, 0.15) is 0 Å². The molecule has 1 aromatic heterocycles. The molecule has 2 N–H and O–H groups in total. The molecule has 0 aliphatic rings. The van der Waals surface area contributed by atoms with Crippen LogP contribution in [-0.2, 0) is 0 Å². The summed E-state index contributed by atoms with van der Waals surface area (Å²) >= 11 is 0. The fourth-order valence-corrected chi connectivity index (χ4v) is 3.13. The van der Waals surface area contributed by atoms with Crippen molar-refractivity contribution >= 4 is 6.03 Å². The minimum atomic E-state index is -0.309. The topological polar surface area (TPSA) is 54.0 Å². The van der Waals surface area contributed by atoms with Crippen molar-refractivity contribution in [3.05, 3.63) is 102 Å². The van der Waals surface area contributed by atoms with Crippen LogP contribution in [0.4, 0.5) is 4.79 Å². The number of hydrogen-bond donors (Lipinski definition) is 2. The molecule has 27 heavy (non-hydrogen) atoms. The highest BCUT2D eigenvalue weighted by Gasteiger charge is 2.22. The van der Waals surface area contributed by atoms with Crippen molar-refractivity contribution in [1.29, 1.82) is 0 Å². The molecule has 2 unspecified atom stereocenters. The van der Waals surface area contributed by atoms with E-state index < -0.39 is 0 Å². The van der Waals surface area contributed by atoms with E-state index in [0.29, 0.717) is 0 Å². The van der Waals surface area contributed by atoms with Gasteiger partial charge in [0, 0.05) is 6.20 Å². The Kier molecular flexibility index (Phi) is 6.21. The van der Waals surface area contributed by atoms with Gasteiger partial charge in [-0.05, 0) is 29.2 Å². The van der Waals surface area contributed by atoms with Gasteiger partial charge in [-0.15, -0.1) is 0 Å². The Morgan fingerprint density at radius 1 is 0.778 bits per heavy atom. The Morgan fingerprint density at radius 3 is 1.93 bits per heavy atom. The zero-order valence-corrected chi connectivity index (χ0v) is 15.7. The lowest BCUT2D eigenvalue weighted by Gasteiger charge is -2.25. The molecule has 4 nitrogen and oxygen atoms in total. The maximum atomic E-state index is 12.8. The highest BCUT2D eigenvalue weighted by Crippen LogP contribution is 2.23. The lowest BCUT2D eigenvalue weighted by Crippen LogP contribution is -2.41. The minimum absolute atomic E-state index is 0.0636. The number of nitrogens with zero attached hydrogens (tertiary/aromatic N) is 1. The molecular weight excluding hydrogens is 334 g/mol. The zero-order valence-electron chi connectivity index (χ0n) is 15.7. The average Bonchev–Trinajstić information content (AvgIpc) is 2.72. The van der Waals surface area contributed by atoms with Gasteiger partial charge in [0.05, 0.1) is 17.8 Å². The summed E-state index contributed by atoms with van der Waals surface area (Å²) in [4.78, 5) is 17.3. The summed E-state index contributed by atoms with van der Waals surface area (Å²) in [7, 11) is 0. The summed E-state index contributed by atoms with van der Waals surface area (Å²) in [6, 6.07) is 25.1. The fraction of sp³-hybridized carbons (Fsp3) is 0.217. The Bertz CT molecular complexity index is 796. The number of carbonyl (C=O) groups excluding carboxylic acids is 1. The molecule has 0 saturated carbocycles. The SMILES string of the molecule is CC(C)C(NC(=O)NC(c1ccccc1)c1ccccn1)c1ccccc1. The van der Waals surface area contributed by atoms with Gasteiger partial charge in [-0.2, -0.15) is 0 Å². The maximum absolute atomic E-state index is 12.8. The van der Waals surface area contributed by atoms with Crippen LogP contribution >= 0.6 is 0 Å². The molecule has 0 radical (unpaired) electrons. The Balaban J connectivity index is 1.80. The number of nitrogens with one attached hydrogen (secondary N) is 2. The van der Waals surface area contributed by atoms with Crippen LogP contribution in [0.2, 0.25) is 0 Å². The molecule has 0 fully saturated rings. The van der Waals surface area contributed by atoms with Crippen molar-refractivity contribution < 1.29 is 4.79 Å². The third kappa shape index (κ3) is 4.94. The van der Waals surface area contributed by atoms with Crippen LogP contribution in [0.1, 0.15) is 42.8 Å². The minimum Gasteiger partial charge on any atom is -0.331 e. The first kappa shape index (κ1) is 18.6. The van der Waals surface area contributed by atoms with Gasteiger partial charge >= 0.3 is 6.03 Å². The van der Waals surface area contributed by atoms with Crippen molar-refractivity contribution in [2.24, 2.45) is 5.92 Å². The van der Waals surface area contributed by atoms with Crippen molar-refractivity contribution in [2.45, 2.75) is 25.9 Å². The third-order valence-electron chi connectivity index (χ3n) is 4.50. The lowest BCUT2D eigenvalue weighted by molar-refractivity contribution is 0.230. The molecule has 0 saturated heterocycles. The number of carbonyl (C=O) groups is 1. The van der Waals surface area contributed by atoms with Gasteiger partial charge < -0.3 is 10.6 Å². The molecule has 138 valence electrons. The molecule has 4 heteroatoms. The number of amides is 2. The van der Waals surface area contributed by atoms with E-state index in [1.165, 1.54) is 0 Å². The van der Waals surface area contributed by atoms with Crippen molar-refractivity contribution in [2.75, 3.05) is 0 Å². The summed E-state index contributed by atoms with van der Waals surface area (Å²) in [5, 5.41) is 6.22. The third-order valence-corrected chi connectivity index (χ3v) is 4.50. The zero-order chi connectivity index (χ0) is 19.1. The van der Waals surface area contributed by atoms with E-state index in [0.717, 1.165) is 16.8 Å². The predicted molar refractivity (Wildman–Crippen MR) is 108 cm³/mol. The van der Waals surface area contributed by atoms with Crippen LogP contribution in [0.5, 0.6) is 0 Å². The van der Waals surface area contributed by atoms with E-state index in [1.807, 2.05) is 78.9 Å². The van der Waals surface area contributed by atoms with Crippen molar-refractivity contribution in [3.63, 3.8) is 0 Å². The summed E-state index contributed by atoms with van der Waals surface area (Å²) in [5.41, 5.74) is 2.89. The number of rotatable bonds is 6. The second kappa shape index (κ2) is 8.99. The molecule has 0 aliphatic heterocycles. The van der Waals surface area contributed by atoms with Crippen LogP contribution in [0.15, 0.2) is 85.1 Å². The monoisotopic (exact) mass is 359 g/mol. The summed E-state index contributed by atoms with van der Waals surface area (Å²) in [6.07, 6.45) is 1.74. The van der Waals surface area contributed by atoms with Crippen molar-refractivity contribution in [3.8, 4) is 0 Å². The van der Waals surface area contributed by atoms with Crippen LogP contribution in [0, 0.1) is 5.92 Å². The summed E-state index contributed by atoms with van der Waals surface area (Å²) < 4.78 is 0. The molecule has 2 aromatic carbocycles. The molecular formula is C23H25N3O. The molecule has 1 heterocycles. The molecule has 3 rings (SSSR count). The molecule has 2 atom stereocenters. The quantitative estimate of drug-likeness (QED) is 0.660. The van der Waals surface area contributed by atoms with E-state index in [4.69, 9.17) is 0 Å². The van der Waals surface area contributed by atoms with Crippen LogP contribution in [-0.4, -0.2) is 11.0 Å². The van der Waals surface area contributed by atoms with E-state index in [2.05, 4.69) is 29.5 Å². The van der Waals surface area contributed by atoms with E-state index in [-0.39, 0.29) is 24.0 Å². The summed E-state index contributed by atoms with van der Waals surface area (Å²) in [6.45, 7) is 4.21. The van der Waals surface area contributed by atoms with Crippen LogP contribution in [0.25, 0.3) is 0 Å². The largest absolute Gasteiger partial charge is 0.331 e. The average molecular weight is 359 g/mol. The van der Waals surface area contributed by atoms with Gasteiger partial charge in [0.2, 0.25) is 0 Å². The Hall–Kier alpha value is -3.14. The van der Waals surface area contributed by atoms with Crippen LogP contribution < -0.4 is 10.6 Å². The van der Waals surface area contributed by atoms with Crippen LogP contribution in [0.3, 0.4) is 0 Å². The smallest absolute Gasteiger partial charge is 0.316 e. The number of aromatic nitrogens is 1. The second-order valence-corrected chi connectivity index (χ2v) is 6.85. The molecule has 0 spiro atoms. The van der Waals surface area contributed by atoms with Crippen molar-refractivity contribution in [1.82, 2.24) is 15.6 Å². The Labute approximate surface area is 160 Å². The first-order chi connectivity index (χ1) is 13.1. The number of benzene rings is 2. The van der Waals surface area contributed by atoms with Gasteiger partial charge in [-0.1, -0.05) is 80.6 Å². The maximum Gasteiger partial charge on any atom is 0.316 e. The highest BCUT2D eigenvalue weighted by molar-refractivity contribution is 5.75. The van der Waals surface area contributed by atoms with E-state index in [1.54, 1.807) is 6.20 Å². The number of pyridine rings is 1. The van der Waals surface area contributed by atoms with Gasteiger partial charge in [-0.25, -0.2) is 4.79 Å². The predicted octanol–water partition coefficient (Wildman–Crippen LogP) is 4.87. The Morgan fingerprint density at radius 2 is 1.37 bits per heavy atom. The van der Waals surface area contributed by atoms with Gasteiger partial charge in [-0.3, -0.25) is 4.98 Å². The van der Waals surface area contributed by atoms with E-state index >= 15 is 0 Å². The number of urea groups is 1. The van der Waals surface area contributed by atoms with Gasteiger partial charge in [0.25, 0.3) is 0 Å². The standard InChI is InChI=1S/C23H25N3O/c1-17(2)21(18-11-5-3-6-12-18)25-23(27)26-22(19-13-7-4-8-14-19)20-15-9-10-16-24-20/h3-17,21-22H,1-2H3,(H2,25,26,27). The molecule has 0 bridgehead atoms. The fourth-order valence-electron chi connectivity index (χ4n) is 3.13.